The number of carbonyl (C=O) groups excluding carboxylic acids is 1. The number of nitrogens with two attached hydrogens (primary N) is 1. The Balaban J connectivity index is 2.24. The fourth-order valence-electron chi connectivity index (χ4n) is 1.49. The largest absolute Gasteiger partial charge is 0.397 e. The first-order valence-electron chi connectivity index (χ1n) is 5.29. The van der Waals surface area contributed by atoms with E-state index in [1.165, 1.54) is 0 Å². The Bertz CT molecular complexity index is 621. The number of hydrogen-bond acceptors (Lipinski definition) is 2. The van der Waals surface area contributed by atoms with E-state index in [0.29, 0.717) is 16.9 Å². The summed E-state index contributed by atoms with van der Waals surface area (Å²) in [6.45, 7) is 0. The van der Waals surface area contributed by atoms with Crippen LogP contribution in [0.4, 0.5) is 11.4 Å². The third kappa shape index (κ3) is 3.58. The second-order valence-corrected chi connectivity index (χ2v) is 6.44. The summed E-state index contributed by atoms with van der Waals surface area (Å²) < 4.78 is 2.32. The minimum absolute atomic E-state index is 0.176. The standard InChI is InChI=1S/C13H9Br3N2O/c14-8-3-1-2-7(4-8)13(19)18-9-5-10(15)12(17)11(16)6-9/h1-6H,17H2,(H,18,19). The van der Waals surface area contributed by atoms with Gasteiger partial charge in [-0.1, -0.05) is 22.0 Å². The van der Waals surface area contributed by atoms with Crippen molar-refractivity contribution in [3.63, 3.8) is 0 Å². The number of hydrogen-bond donors (Lipinski definition) is 2. The smallest absolute Gasteiger partial charge is 0.255 e. The highest BCUT2D eigenvalue weighted by Crippen LogP contribution is 2.31. The molecular weight excluding hydrogens is 440 g/mol. The van der Waals surface area contributed by atoms with Crippen LogP contribution in [0, 0.1) is 0 Å². The van der Waals surface area contributed by atoms with Crippen LogP contribution in [0.5, 0.6) is 0 Å². The average Bonchev–Trinajstić information content (AvgIpc) is 2.36. The Kier molecular flexibility index (Phi) is 4.65. The lowest BCUT2D eigenvalue weighted by Crippen LogP contribution is -2.12. The van der Waals surface area contributed by atoms with E-state index in [2.05, 4.69) is 53.1 Å². The minimum Gasteiger partial charge on any atom is -0.397 e. The molecule has 3 N–H and O–H groups in total. The van der Waals surface area contributed by atoms with Gasteiger partial charge in [0.2, 0.25) is 0 Å². The van der Waals surface area contributed by atoms with Crippen LogP contribution < -0.4 is 11.1 Å². The first kappa shape index (κ1) is 14.6. The highest BCUT2D eigenvalue weighted by atomic mass is 79.9. The number of carbonyl (C=O) groups is 1. The lowest BCUT2D eigenvalue weighted by molar-refractivity contribution is 0.102. The van der Waals surface area contributed by atoms with Gasteiger partial charge in [-0.15, -0.1) is 0 Å². The molecule has 0 atom stereocenters. The van der Waals surface area contributed by atoms with Crippen LogP contribution in [0.25, 0.3) is 0 Å². The Morgan fingerprint density at radius 3 is 2.26 bits per heavy atom. The monoisotopic (exact) mass is 446 g/mol. The molecule has 0 spiro atoms. The van der Waals surface area contributed by atoms with Gasteiger partial charge in [0.25, 0.3) is 5.91 Å². The summed E-state index contributed by atoms with van der Waals surface area (Å²) in [6.07, 6.45) is 0. The quantitative estimate of drug-likeness (QED) is 0.648. The van der Waals surface area contributed by atoms with Crippen LogP contribution in [-0.2, 0) is 0 Å². The number of benzene rings is 2. The van der Waals surface area contributed by atoms with E-state index in [4.69, 9.17) is 5.73 Å². The van der Waals surface area contributed by atoms with E-state index in [1.54, 1.807) is 24.3 Å². The molecular formula is C13H9Br3N2O. The maximum absolute atomic E-state index is 12.1. The van der Waals surface area contributed by atoms with Crippen molar-refractivity contribution in [2.45, 2.75) is 0 Å². The number of rotatable bonds is 2. The second kappa shape index (κ2) is 6.07. The fraction of sp³-hybridized carbons (Fsp3) is 0. The van der Waals surface area contributed by atoms with Gasteiger partial charge in [0, 0.05) is 24.7 Å². The zero-order chi connectivity index (χ0) is 14.0. The van der Waals surface area contributed by atoms with Crippen LogP contribution in [0.1, 0.15) is 10.4 Å². The zero-order valence-corrected chi connectivity index (χ0v) is 14.3. The van der Waals surface area contributed by atoms with Crippen molar-refractivity contribution in [3.05, 3.63) is 55.4 Å². The molecule has 0 aliphatic heterocycles. The highest BCUT2D eigenvalue weighted by molar-refractivity contribution is 9.11. The lowest BCUT2D eigenvalue weighted by atomic mass is 10.2. The van der Waals surface area contributed by atoms with Gasteiger partial charge < -0.3 is 11.1 Å². The van der Waals surface area contributed by atoms with E-state index >= 15 is 0 Å². The third-order valence-corrected chi connectivity index (χ3v) is 4.23. The Hall–Kier alpha value is -0.850. The molecule has 0 saturated heterocycles. The van der Waals surface area contributed by atoms with Crippen LogP contribution in [0.3, 0.4) is 0 Å². The molecule has 0 heterocycles. The normalized spacial score (nSPS) is 10.3. The number of nitrogens with one attached hydrogen (secondary N) is 1. The van der Waals surface area contributed by atoms with Gasteiger partial charge in [-0.3, -0.25) is 4.79 Å². The summed E-state index contributed by atoms with van der Waals surface area (Å²) in [5.74, 6) is -0.176. The van der Waals surface area contributed by atoms with E-state index in [9.17, 15) is 4.79 Å². The predicted molar refractivity (Wildman–Crippen MR) is 88.3 cm³/mol. The first-order chi connectivity index (χ1) is 8.97. The maximum atomic E-state index is 12.1. The molecule has 0 saturated carbocycles. The van der Waals surface area contributed by atoms with Crippen molar-refractivity contribution >= 4 is 65.1 Å². The Morgan fingerprint density at radius 1 is 1.05 bits per heavy atom. The molecule has 19 heavy (non-hydrogen) atoms. The first-order valence-corrected chi connectivity index (χ1v) is 7.66. The van der Waals surface area contributed by atoms with Crippen molar-refractivity contribution in [1.29, 1.82) is 0 Å². The van der Waals surface area contributed by atoms with Gasteiger partial charge in [-0.05, 0) is 62.2 Å². The molecule has 0 fully saturated rings. The van der Waals surface area contributed by atoms with Gasteiger partial charge in [0.15, 0.2) is 0 Å². The number of nitrogen functional groups attached to an aromatic ring is 1. The van der Waals surface area contributed by atoms with Gasteiger partial charge in [0.1, 0.15) is 0 Å². The summed E-state index contributed by atoms with van der Waals surface area (Å²) in [7, 11) is 0. The van der Waals surface area contributed by atoms with Crippen molar-refractivity contribution in [1.82, 2.24) is 0 Å². The van der Waals surface area contributed by atoms with Crippen LogP contribution >= 0.6 is 47.8 Å². The zero-order valence-electron chi connectivity index (χ0n) is 9.58. The highest BCUT2D eigenvalue weighted by Gasteiger charge is 2.09. The lowest BCUT2D eigenvalue weighted by Gasteiger charge is -2.09. The summed E-state index contributed by atoms with van der Waals surface area (Å²) in [5.41, 5.74) is 7.64. The number of amides is 1. The third-order valence-electron chi connectivity index (χ3n) is 2.42. The summed E-state index contributed by atoms with van der Waals surface area (Å²) in [6, 6.07) is 10.7. The molecule has 0 radical (unpaired) electrons. The number of anilines is 2. The molecule has 98 valence electrons. The van der Waals surface area contributed by atoms with Gasteiger partial charge in [-0.25, -0.2) is 0 Å². The summed E-state index contributed by atoms with van der Waals surface area (Å²) >= 11 is 10.0. The topological polar surface area (TPSA) is 55.1 Å². The second-order valence-electron chi connectivity index (χ2n) is 3.82. The molecule has 1 amide bonds. The molecule has 0 aliphatic rings. The molecule has 6 heteroatoms. The van der Waals surface area contributed by atoms with E-state index in [-0.39, 0.29) is 5.91 Å². The van der Waals surface area contributed by atoms with E-state index in [0.717, 1.165) is 13.4 Å². The predicted octanol–water partition coefficient (Wildman–Crippen LogP) is 4.81. The SMILES string of the molecule is Nc1c(Br)cc(NC(=O)c2cccc(Br)c2)cc1Br. The van der Waals surface area contributed by atoms with Crippen molar-refractivity contribution in [2.24, 2.45) is 0 Å². The Morgan fingerprint density at radius 2 is 1.68 bits per heavy atom. The van der Waals surface area contributed by atoms with Gasteiger partial charge in [0.05, 0.1) is 5.69 Å². The molecule has 0 aliphatic carbocycles. The summed E-state index contributed by atoms with van der Waals surface area (Å²) in [4.78, 5) is 12.1. The molecule has 2 aromatic rings. The maximum Gasteiger partial charge on any atom is 0.255 e. The fourth-order valence-corrected chi connectivity index (χ4v) is 3.08. The van der Waals surface area contributed by atoms with E-state index < -0.39 is 0 Å². The van der Waals surface area contributed by atoms with Crippen molar-refractivity contribution in [3.8, 4) is 0 Å². The van der Waals surface area contributed by atoms with E-state index in [1.807, 2.05) is 12.1 Å². The average molecular weight is 449 g/mol. The molecule has 0 unspecified atom stereocenters. The molecule has 0 aromatic heterocycles. The Labute approximate surface area is 136 Å². The van der Waals surface area contributed by atoms with Crippen LogP contribution in [-0.4, -0.2) is 5.91 Å². The van der Waals surface area contributed by atoms with Crippen molar-refractivity contribution in [2.75, 3.05) is 11.1 Å². The number of halogens is 3. The van der Waals surface area contributed by atoms with Crippen LogP contribution in [0.15, 0.2) is 49.8 Å². The summed E-state index contributed by atoms with van der Waals surface area (Å²) in [5, 5.41) is 2.82. The van der Waals surface area contributed by atoms with Gasteiger partial charge >= 0.3 is 0 Å². The minimum atomic E-state index is -0.176. The van der Waals surface area contributed by atoms with Crippen molar-refractivity contribution < 1.29 is 4.79 Å². The molecule has 2 rings (SSSR count). The van der Waals surface area contributed by atoms with Gasteiger partial charge in [-0.2, -0.15) is 0 Å². The molecule has 2 aromatic carbocycles. The molecule has 0 bridgehead atoms. The molecule has 3 nitrogen and oxygen atoms in total. The van der Waals surface area contributed by atoms with Crippen LogP contribution in [0.2, 0.25) is 0 Å².